The molecule has 1 amide bonds. The van der Waals surface area contributed by atoms with Crippen molar-refractivity contribution >= 4 is 11.6 Å². The van der Waals surface area contributed by atoms with E-state index in [9.17, 15) is 4.79 Å². The Hall–Kier alpha value is -2.69. The Labute approximate surface area is 153 Å². The molecule has 0 aliphatic carbocycles. The van der Waals surface area contributed by atoms with Gasteiger partial charge >= 0.3 is 0 Å². The summed E-state index contributed by atoms with van der Waals surface area (Å²) in [6, 6.07) is 12.2. The highest BCUT2D eigenvalue weighted by molar-refractivity contribution is 5.79. The fourth-order valence-corrected chi connectivity index (χ4v) is 3.92. The number of rotatable bonds is 3. The Morgan fingerprint density at radius 1 is 1.19 bits per heavy atom. The van der Waals surface area contributed by atoms with Crippen molar-refractivity contribution in [2.24, 2.45) is 0 Å². The minimum absolute atomic E-state index is 0.0610. The van der Waals surface area contributed by atoms with Crippen LogP contribution in [0.4, 0.5) is 0 Å². The fourth-order valence-electron chi connectivity index (χ4n) is 3.92. The maximum absolute atomic E-state index is 13.1. The van der Waals surface area contributed by atoms with Gasteiger partial charge in [-0.2, -0.15) is 5.10 Å². The molecule has 26 heavy (non-hydrogen) atoms. The van der Waals surface area contributed by atoms with E-state index < -0.39 is 0 Å². The van der Waals surface area contributed by atoms with Gasteiger partial charge in [0.15, 0.2) is 5.65 Å². The maximum atomic E-state index is 13.1. The molecule has 5 heteroatoms. The van der Waals surface area contributed by atoms with Crippen molar-refractivity contribution in [3.8, 4) is 0 Å². The quantitative estimate of drug-likeness (QED) is 0.726. The van der Waals surface area contributed by atoms with Gasteiger partial charge in [-0.15, -0.1) is 0 Å². The Kier molecular flexibility index (Phi) is 4.45. The Bertz CT molecular complexity index is 946. The molecule has 5 nitrogen and oxygen atoms in total. The van der Waals surface area contributed by atoms with Crippen LogP contribution in [0.5, 0.6) is 0 Å². The van der Waals surface area contributed by atoms with Crippen molar-refractivity contribution in [3.05, 3.63) is 65.1 Å². The first kappa shape index (κ1) is 16.8. The van der Waals surface area contributed by atoms with Gasteiger partial charge in [0.25, 0.3) is 0 Å². The van der Waals surface area contributed by atoms with Gasteiger partial charge in [0.1, 0.15) is 0 Å². The van der Waals surface area contributed by atoms with Crippen LogP contribution in [0.3, 0.4) is 0 Å². The number of carbonyl (C=O) groups excluding carboxylic acids is 1. The third-order valence-electron chi connectivity index (χ3n) is 5.11. The van der Waals surface area contributed by atoms with Gasteiger partial charge in [0, 0.05) is 18.8 Å². The summed E-state index contributed by atoms with van der Waals surface area (Å²) in [5.74, 6) is 0.189. The molecule has 1 aliphatic rings. The number of piperidine rings is 1. The van der Waals surface area contributed by atoms with Crippen molar-refractivity contribution in [3.63, 3.8) is 0 Å². The van der Waals surface area contributed by atoms with Crippen LogP contribution in [-0.2, 0) is 11.2 Å². The van der Waals surface area contributed by atoms with Gasteiger partial charge in [-0.3, -0.25) is 4.79 Å². The normalized spacial score (nSPS) is 17.6. The molecule has 0 bridgehead atoms. The van der Waals surface area contributed by atoms with Crippen LogP contribution in [-0.4, -0.2) is 31.9 Å². The Morgan fingerprint density at radius 2 is 2.08 bits per heavy atom. The molecule has 0 radical (unpaired) electrons. The SMILES string of the molecule is Cc1cccc(CC(=O)N2CCCC[C@H]2c2ccnc3cc(C)nn23)c1. The molecule has 0 saturated carbocycles. The third-order valence-corrected chi connectivity index (χ3v) is 5.11. The molecule has 0 spiro atoms. The smallest absolute Gasteiger partial charge is 0.227 e. The van der Waals surface area contributed by atoms with Crippen molar-refractivity contribution in [2.45, 2.75) is 45.6 Å². The third kappa shape index (κ3) is 3.21. The van der Waals surface area contributed by atoms with E-state index in [1.54, 1.807) is 0 Å². The molecule has 4 rings (SSSR count). The van der Waals surface area contributed by atoms with Crippen LogP contribution in [0, 0.1) is 13.8 Å². The lowest BCUT2D eigenvalue weighted by molar-refractivity contribution is -0.134. The molecule has 134 valence electrons. The summed E-state index contributed by atoms with van der Waals surface area (Å²) >= 11 is 0. The molecule has 1 saturated heterocycles. The minimum atomic E-state index is 0.0610. The largest absolute Gasteiger partial charge is 0.334 e. The van der Waals surface area contributed by atoms with Gasteiger partial charge in [0.05, 0.1) is 23.9 Å². The summed E-state index contributed by atoms with van der Waals surface area (Å²) in [7, 11) is 0. The highest BCUT2D eigenvalue weighted by atomic mass is 16.2. The van der Waals surface area contributed by atoms with E-state index >= 15 is 0 Å². The van der Waals surface area contributed by atoms with Crippen molar-refractivity contribution in [1.29, 1.82) is 0 Å². The molecule has 1 aromatic carbocycles. The lowest BCUT2D eigenvalue weighted by atomic mass is 9.97. The van der Waals surface area contributed by atoms with E-state index in [4.69, 9.17) is 0 Å². The number of aromatic nitrogens is 3. The molecule has 1 aliphatic heterocycles. The summed E-state index contributed by atoms with van der Waals surface area (Å²) in [5, 5.41) is 4.59. The molecular formula is C21H24N4O. The Balaban J connectivity index is 1.64. The monoisotopic (exact) mass is 348 g/mol. The number of hydrogen-bond acceptors (Lipinski definition) is 3. The van der Waals surface area contributed by atoms with Crippen molar-refractivity contribution in [1.82, 2.24) is 19.5 Å². The summed E-state index contributed by atoms with van der Waals surface area (Å²) in [6.07, 6.45) is 5.43. The van der Waals surface area contributed by atoms with Crippen LogP contribution in [0.25, 0.3) is 5.65 Å². The minimum Gasteiger partial charge on any atom is -0.334 e. The van der Waals surface area contributed by atoms with Crippen LogP contribution in [0.1, 0.15) is 47.8 Å². The summed E-state index contributed by atoms with van der Waals surface area (Å²) < 4.78 is 1.90. The van der Waals surface area contributed by atoms with E-state index in [1.807, 2.05) is 46.8 Å². The van der Waals surface area contributed by atoms with E-state index in [-0.39, 0.29) is 11.9 Å². The Morgan fingerprint density at radius 3 is 2.92 bits per heavy atom. The second-order valence-electron chi connectivity index (χ2n) is 7.19. The second-order valence-corrected chi connectivity index (χ2v) is 7.19. The number of likely N-dealkylation sites (tertiary alicyclic amines) is 1. The van der Waals surface area contributed by atoms with Crippen LogP contribution < -0.4 is 0 Å². The number of nitrogens with zero attached hydrogens (tertiary/aromatic N) is 4. The van der Waals surface area contributed by atoms with Gasteiger partial charge in [-0.05, 0) is 44.7 Å². The number of aryl methyl sites for hydroxylation is 2. The number of carbonyl (C=O) groups is 1. The molecule has 3 aromatic rings. The average molecular weight is 348 g/mol. The number of amides is 1. The molecule has 0 unspecified atom stereocenters. The first-order chi connectivity index (χ1) is 12.6. The van der Waals surface area contributed by atoms with E-state index in [1.165, 1.54) is 5.56 Å². The van der Waals surface area contributed by atoms with Crippen molar-refractivity contribution < 1.29 is 4.79 Å². The first-order valence-electron chi connectivity index (χ1n) is 9.28. The molecule has 0 N–H and O–H groups in total. The van der Waals surface area contributed by atoms with E-state index in [0.717, 1.165) is 48.4 Å². The predicted molar refractivity (Wildman–Crippen MR) is 101 cm³/mol. The number of hydrogen-bond donors (Lipinski definition) is 0. The van der Waals surface area contributed by atoms with Gasteiger partial charge < -0.3 is 4.90 Å². The predicted octanol–water partition coefficient (Wildman–Crippen LogP) is 3.64. The highest BCUT2D eigenvalue weighted by Crippen LogP contribution is 2.31. The van der Waals surface area contributed by atoms with Crippen LogP contribution >= 0.6 is 0 Å². The standard InChI is InChI=1S/C21H24N4O/c1-15-6-5-7-17(12-15)14-21(26)24-11-4-3-8-18(24)19-9-10-22-20-13-16(2)23-25(19)20/h5-7,9-10,12-13,18H,3-4,8,11,14H2,1-2H3/t18-/m0/s1. The van der Waals surface area contributed by atoms with Gasteiger partial charge in [0.2, 0.25) is 5.91 Å². The molecule has 3 heterocycles. The summed E-state index contributed by atoms with van der Waals surface area (Å²) in [6.45, 7) is 4.84. The lowest BCUT2D eigenvalue weighted by Gasteiger charge is -2.36. The molecule has 1 fully saturated rings. The molecule has 1 atom stereocenters. The maximum Gasteiger partial charge on any atom is 0.227 e. The number of benzene rings is 1. The highest BCUT2D eigenvalue weighted by Gasteiger charge is 2.30. The zero-order chi connectivity index (χ0) is 18.1. The molecule has 2 aromatic heterocycles. The van der Waals surface area contributed by atoms with Crippen LogP contribution in [0.2, 0.25) is 0 Å². The van der Waals surface area contributed by atoms with Crippen molar-refractivity contribution in [2.75, 3.05) is 6.54 Å². The van der Waals surface area contributed by atoms with Gasteiger partial charge in [-0.25, -0.2) is 9.50 Å². The second kappa shape index (κ2) is 6.90. The first-order valence-corrected chi connectivity index (χ1v) is 9.28. The average Bonchev–Trinajstić information content (AvgIpc) is 3.02. The topological polar surface area (TPSA) is 50.5 Å². The zero-order valence-corrected chi connectivity index (χ0v) is 15.4. The van der Waals surface area contributed by atoms with Gasteiger partial charge in [-0.1, -0.05) is 29.8 Å². The lowest BCUT2D eigenvalue weighted by Crippen LogP contribution is -2.40. The summed E-state index contributed by atoms with van der Waals surface area (Å²) in [5.41, 5.74) is 5.11. The fraction of sp³-hybridized carbons (Fsp3) is 0.381. The van der Waals surface area contributed by atoms with E-state index in [0.29, 0.717) is 6.42 Å². The zero-order valence-electron chi connectivity index (χ0n) is 15.4. The van der Waals surface area contributed by atoms with E-state index in [2.05, 4.69) is 29.1 Å². The summed E-state index contributed by atoms with van der Waals surface area (Å²) in [4.78, 5) is 19.5. The molecular weight excluding hydrogens is 324 g/mol. The number of fused-ring (bicyclic) bond motifs is 1. The van der Waals surface area contributed by atoms with Crippen LogP contribution in [0.15, 0.2) is 42.6 Å².